The maximum atomic E-state index is 12.2. The molecule has 0 saturated carbocycles. The van der Waals surface area contributed by atoms with Crippen LogP contribution in [0, 0.1) is 0 Å². The third-order valence-electron chi connectivity index (χ3n) is 4.18. The number of benzene rings is 2. The van der Waals surface area contributed by atoms with E-state index in [1.165, 1.54) is 5.56 Å². The number of nitrogens with zero attached hydrogens (tertiary/aromatic N) is 1. The van der Waals surface area contributed by atoms with E-state index in [0.717, 1.165) is 29.3 Å². The average molecular weight is 330 g/mol. The molecule has 0 saturated heterocycles. The van der Waals surface area contributed by atoms with Crippen LogP contribution in [-0.4, -0.2) is 16.9 Å². The van der Waals surface area contributed by atoms with Gasteiger partial charge >= 0.3 is 0 Å². The van der Waals surface area contributed by atoms with E-state index >= 15 is 0 Å². The van der Waals surface area contributed by atoms with Crippen LogP contribution in [-0.2, 0) is 11.2 Å². The summed E-state index contributed by atoms with van der Waals surface area (Å²) in [6, 6.07) is 20.4. The molecule has 126 valence electrons. The number of hydrogen-bond acceptors (Lipinski definition) is 2. The molecular formula is C22H22N2O. The largest absolute Gasteiger partial charge is 0.350 e. The number of rotatable bonds is 6. The molecule has 0 fully saturated rings. The molecule has 1 atom stereocenters. The maximum absolute atomic E-state index is 12.2. The molecule has 0 aliphatic heterocycles. The fraction of sp³-hybridized carbons (Fsp3) is 0.182. The fourth-order valence-corrected chi connectivity index (χ4v) is 2.82. The Balaban J connectivity index is 1.57. The first-order valence-corrected chi connectivity index (χ1v) is 8.58. The van der Waals surface area contributed by atoms with Gasteiger partial charge in [-0.2, -0.15) is 0 Å². The Morgan fingerprint density at radius 3 is 2.72 bits per heavy atom. The summed E-state index contributed by atoms with van der Waals surface area (Å²) in [7, 11) is 0. The van der Waals surface area contributed by atoms with E-state index in [9.17, 15) is 4.79 Å². The molecule has 3 heteroatoms. The molecule has 0 aliphatic carbocycles. The lowest BCUT2D eigenvalue weighted by molar-refractivity contribution is -0.117. The Kier molecular flexibility index (Phi) is 5.57. The van der Waals surface area contributed by atoms with E-state index < -0.39 is 0 Å². The summed E-state index contributed by atoms with van der Waals surface area (Å²) in [6.45, 7) is 2.04. The smallest absolute Gasteiger partial charge is 0.244 e. The van der Waals surface area contributed by atoms with E-state index in [0.29, 0.717) is 0 Å². The molecule has 0 radical (unpaired) electrons. The Labute approximate surface area is 148 Å². The van der Waals surface area contributed by atoms with E-state index in [2.05, 4.69) is 22.4 Å². The van der Waals surface area contributed by atoms with Crippen molar-refractivity contribution in [3.05, 3.63) is 84.1 Å². The van der Waals surface area contributed by atoms with E-state index in [-0.39, 0.29) is 11.9 Å². The van der Waals surface area contributed by atoms with Gasteiger partial charge in [0.25, 0.3) is 0 Å². The number of carbonyl (C=O) groups excluding carboxylic acids is 1. The van der Waals surface area contributed by atoms with Crippen molar-refractivity contribution >= 4 is 22.9 Å². The fourth-order valence-electron chi connectivity index (χ4n) is 2.82. The summed E-state index contributed by atoms with van der Waals surface area (Å²) in [5, 5.41) is 4.09. The SMILES string of the molecule is CC(CCc1ccccc1)NC(=O)/C=C/c1cccc2cccnc12. The lowest BCUT2D eigenvalue weighted by Crippen LogP contribution is -2.31. The quantitative estimate of drug-likeness (QED) is 0.681. The second kappa shape index (κ2) is 8.25. The number of pyridine rings is 1. The Bertz CT molecular complexity index is 866. The minimum absolute atomic E-state index is 0.0755. The maximum Gasteiger partial charge on any atom is 0.244 e. The van der Waals surface area contributed by atoms with E-state index in [4.69, 9.17) is 0 Å². The highest BCUT2D eigenvalue weighted by Crippen LogP contribution is 2.17. The van der Waals surface area contributed by atoms with Crippen LogP contribution in [0.2, 0.25) is 0 Å². The third-order valence-corrected chi connectivity index (χ3v) is 4.18. The monoisotopic (exact) mass is 330 g/mol. The lowest BCUT2D eigenvalue weighted by Gasteiger charge is -2.12. The highest BCUT2D eigenvalue weighted by atomic mass is 16.1. The molecule has 1 heterocycles. The molecule has 1 unspecified atom stereocenters. The number of aryl methyl sites for hydroxylation is 1. The first-order chi connectivity index (χ1) is 12.2. The summed E-state index contributed by atoms with van der Waals surface area (Å²) < 4.78 is 0. The first-order valence-electron chi connectivity index (χ1n) is 8.58. The Morgan fingerprint density at radius 2 is 1.88 bits per heavy atom. The molecule has 3 rings (SSSR count). The van der Waals surface area contributed by atoms with Crippen LogP contribution >= 0.6 is 0 Å². The Morgan fingerprint density at radius 1 is 1.08 bits per heavy atom. The standard InChI is InChI=1S/C22H22N2O/c1-17(12-13-18-7-3-2-4-8-18)24-21(25)15-14-20-10-5-9-19-11-6-16-23-22(19)20/h2-11,14-17H,12-13H2,1H3,(H,24,25)/b15-14+. The molecular weight excluding hydrogens is 308 g/mol. The van der Waals surface area contributed by atoms with Crippen LogP contribution < -0.4 is 5.32 Å². The van der Waals surface area contributed by atoms with Gasteiger partial charge in [0.15, 0.2) is 0 Å². The van der Waals surface area contributed by atoms with Gasteiger partial charge in [0.05, 0.1) is 5.52 Å². The van der Waals surface area contributed by atoms with Crippen molar-refractivity contribution in [2.45, 2.75) is 25.8 Å². The van der Waals surface area contributed by atoms with Gasteiger partial charge in [0.2, 0.25) is 5.91 Å². The van der Waals surface area contributed by atoms with Crippen molar-refractivity contribution in [2.75, 3.05) is 0 Å². The minimum atomic E-state index is -0.0755. The van der Waals surface area contributed by atoms with Gasteiger partial charge in [-0.05, 0) is 37.5 Å². The molecule has 1 N–H and O–H groups in total. The number of fused-ring (bicyclic) bond motifs is 1. The van der Waals surface area contributed by atoms with Crippen LogP contribution in [0.15, 0.2) is 72.9 Å². The zero-order chi connectivity index (χ0) is 17.5. The van der Waals surface area contributed by atoms with Gasteiger partial charge in [-0.25, -0.2) is 0 Å². The number of para-hydroxylation sites is 1. The molecule has 0 spiro atoms. The normalized spacial score (nSPS) is 12.4. The van der Waals surface area contributed by atoms with Crippen molar-refractivity contribution in [2.24, 2.45) is 0 Å². The van der Waals surface area contributed by atoms with Gasteiger partial charge in [-0.3, -0.25) is 9.78 Å². The van der Waals surface area contributed by atoms with Gasteiger partial charge < -0.3 is 5.32 Å². The van der Waals surface area contributed by atoms with Crippen LogP contribution in [0.1, 0.15) is 24.5 Å². The first kappa shape index (κ1) is 16.9. The van der Waals surface area contributed by atoms with Crippen molar-refractivity contribution in [3.8, 4) is 0 Å². The molecule has 1 aromatic heterocycles. The van der Waals surface area contributed by atoms with E-state index in [1.54, 1.807) is 12.3 Å². The van der Waals surface area contributed by atoms with Gasteiger partial charge in [-0.15, -0.1) is 0 Å². The molecule has 1 amide bonds. The van der Waals surface area contributed by atoms with Crippen molar-refractivity contribution < 1.29 is 4.79 Å². The molecule has 2 aromatic carbocycles. The van der Waals surface area contributed by atoms with Gasteiger partial charge in [0.1, 0.15) is 0 Å². The molecule has 0 aliphatic rings. The van der Waals surface area contributed by atoms with Crippen LogP contribution in [0.3, 0.4) is 0 Å². The summed E-state index contributed by atoms with van der Waals surface area (Å²) in [5.41, 5.74) is 3.15. The van der Waals surface area contributed by atoms with Crippen LogP contribution in [0.4, 0.5) is 0 Å². The van der Waals surface area contributed by atoms with Crippen LogP contribution in [0.5, 0.6) is 0 Å². The summed E-state index contributed by atoms with van der Waals surface area (Å²) in [5.74, 6) is -0.0755. The number of amides is 1. The number of carbonyl (C=O) groups is 1. The molecule has 3 nitrogen and oxygen atoms in total. The Hall–Kier alpha value is -2.94. The zero-order valence-corrected chi connectivity index (χ0v) is 14.4. The molecule has 25 heavy (non-hydrogen) atoms. The predicted molar refractivity (Wildman–Crippen MR) is 103 cm³/mol. The third kappa shape index (κ3) is 4.77. The van der Waals surface area contributed by atoms with Crippen LogP contribution in [0.25, 0.3) is 17.0 Å². The number of hydrogen-bond donors (Lipinski definition) is 1. The summed E-state index contributed by atoms with van der Waals surface area (Å²) in [4.78, 5) is 16.6. The molecule has 3 aromatic rings. The van der Waals surface area contributed by atoms with Gasteiger partial charge in [-0.1, -0.05) is 54.6 Å². The zero-order valence-electron chi connectivity index (χ0n) is 14.4. The van der Waals surface area contributed by atoms with Crippen molar-refractivity contribution in [1.82, 2.24) is 10.3 Å². The topological polar surface area (TPSA) is 42.0 Å². The second-order valence-electron chi connectivity index (χ2n) is 6.19. The summed E-state index contributed by atoms with van der Waals surface area (Å²) >= 11 is 0. The number of aromatic nitrogens is 1. The highest BCUT2D eigenvalue weighted by molar-refractivity contribution is 5.95. The minimum Gasteiger partial charge on any atom is -0.350 e. The number of nitrogens with one attached hydrogen (secondary N) is 1. The van der Waals surface area contributed by atoms with Crippen molar-refractivity contribution in [3.63, 3.8) is 0 Å². The predicted octanol–water partition coefficient (Wildman–Crippen LogP) is 4.39. The van der Waals surface area contributed by atoms with Gasteiger partial charge in [0, 0.05) is 29.3 Å². The average Bonchev–Trinajstić information content (AvgIpc) is 2.65. The highest BCUT2D eigenvalue weighted by Gasteiger charge is 2.05. The second-order valence-corrected chi connectivity index (χ2v) is 6.19. The summed E-state index contributed by atoms with van der Waals surface area (Å²) in [6.07, 6.45) is 7.06. The molecule has 0 bridgehead atoms. The lowest BCUT2D eigenvalue weighted by atomic mass is 10.1. The van der Waals surface area contributed by atoms with E-state index in [1.807, 2.05) is 61.5 Å². The van der Waals surface area contributed by atoms with Crippen molar-refractivity contribution in [1.29, 1.82) is 0 Å².